The minimum Gasteiger partial charge on any atom is -0.487 e. The van der Waals surface area contributed by atoms with Gasteiger partial charge in [0.2, 0.25) is 5.91 Å². The van der Waals surface area contributed by atoms with Gasteiger partial charge in [-0.2, -0.15) is 0 Å². The van der Waals surface area contributed by atoms with E-state index in [2.05, 4.69) is 24.5 Å². The molecular formula is C16H22N2O2. The molecule has 0 bridgehead atoms. The summed E-state index contributed by atoms with van der Waals surface area (Å²) in [6.07, 6.45) is 0.883. The summed E-state index contributed by atoms with van der Waals surface area (Å²) in [5, 5.41) is 6.23. The number of fused-ring (bicyclic) bond motifs is 1. The lowest BCUT2D eigenvalue weighted by atomic mass is 9.88. The lowest BCUT2D eigenvalue weighted by Gasteiger charge is -2.31. The van der Waals surface area contributed by atoms with Crippen LogP contribution in [0.15, 0.2) is 18.2 Å². The molecule has 0 aliphatic carbocycles. The molecule has 0 aromatic heterocycles. The number of carbonyl (C=O) groups is 1. The Labute approximate surface area is 119 Å². The molecular weight excluding hydrogens is 252 g/mol. The van der Waals surface area contributed by atoms with Crippen molar-refractivity contribution in [2.45, 2.75) is 32.8 Å². The predicted molar refractivity (Wildman–Crippen MR) is 79.0 cm³/mol. The van der Waals surface area contributed by atoms with E-state index in [-0.39, 0.29) is 17.4 Å². The zero-order chi connectivity index (χ0) is 14.3. The molecule has 4 heteroatoms. The number of rotatable bonds is 3. The van der Waals surface area contributed by atoms with Crippen molar-refractivity contribution in [2.24, 2.45) is 11.8 Å². The Bertz CT molecular complexity index is 535. The van der Waals surface area contributed by atoms with E-state index < -0.39 is 0 Å². The molecule has 2 aliphatic heterocycles. The molecule has 2 heterocycles. The van der Waals surface area contributed by atoms with Crippen molar-refractivity contribution >= 4 is 11.6 Å². The average molecular weight is 274 g/mol. The predicted octanol–water partition coefficient (Wildman–Crippen LogP) is 2.19. The van der Waals surface area contributed by atoms with E-state index in [1.54, 1.807) is 0 Å². The molecule has 1 aromatic rings. The maximum absolute atomic E-state index is 12.2. The standard InChI is InChI=1S/C16H22N2O2/c1-10(12-8-17-9-12)15(19)18-13-4-5-14-11(6-13)7-16(2,3)20-14/h4-6,10,12,17H,7-9H2,1-3H3,(H,18,19). The van der Waals surface area contributed by atoms with Gasteiger partial charge in [0.25, 0.3) is 0 Å². The van der Waals surface area contributed by atoms with Gasteiger partial charge < -0.3 is 15.4 Å². The minimum atomic E-state index is -0.143. The maximum Gasteiger partial charge on any atom is 0.227 e. The van der Waals surface area contributed by atoms with Crippen molar-refractivity contribution in [3.8, 4) is 5.75 Å². The van der Waals surface area contributed by atoms with Crippen LogP contribution in [0.4, 0.5) is 5.69 Å². The zero-order valence-corrected chi connectivity index (χ0v) is 12.3. The smallest absolute Gasteiger partial charge is 0.227 e. The average Bonchev–Trinajstić information content (AvgIpc) is 2.59. The van der Waals surface area contributed by atoms with Crippen molar-refractivity contribution in [2.75, 3.05) is 18.4 Å². The first-order chi connectivity index (χ1) is 9.44. The van der Waals surface area contributed by atoms with Gasteiger partial charge in [0, 0.05) is 23.6 Å². The van der Waals surface area contributed by atoms with Gasteiger partial charge in [-0.3, -0.25) is 4.79 Å². The summed E-state index contributed by atoms with van der Waals surface area (Å²) in [5.74, 6) is 1.56. The van der Waals surface area contributed by atoms with Crippen LogP contribution in [0.25, 0.3) is 0 Å². The first-order valence-corrected chi connectivity index (χ1v) is 7.28. The number of hydrogen-bond acceptors (Lipinski definition) is 3. The van der Waals surface area contributed by atoms with Crippen molar-refractivity contribution in [1.82, 2.24) is 5.32 Å². The van der Waals surface area contributed by atoms with E-state index in [1.807, 2.05) is 25.1 Å². The fraction of sp³-hybridized carbons (Fsp3) is 0.562. The van der Waals surface area contributed by atoms with E-state index in [1.165, 1.54) is 5.56 Å². The van der Waals surface area contributed by atoms with Crippen LogP contribution in [-0.2, 0) is 11.2 Å². The van der Waals surface area contributed by atoms with Gasteiger partial charge >= 0.3 is 0 Å². The maximum atomic E-state index is 12.2. The van der Waals surface area contributed by atoms with Crippen molar-refractivity contribution < 1.29 is 9.53 Å². The molecule has 1 unspecified atom stereocenters. The molecule has 1 aromatic carbocycles. The van der Waals surface area contributed by atoms with Gasteiger partial charge in [-0.05, 0) is 51.1 Å². The van der Waals surface area contributed by atoms with Gasteiger partial charge in [0.15, 0.2) is 0 Å². The highest BCUT2D eigenvalue weighted by molar-refractivity contribution is 5.92. The van der Waals surface area contributed by atoms with Gasteiger partial charge in [0.05, 0.1) is 0 Å². The third-order valence-electron chi connectivity index (χ3n) is 4.26. The van der Waals surface area contributed by atoms with Crippen LogP contribution in [0.1, 0.15) is 26.3 Å². The fourth-order valence-corrected chi connectivity index (χ4v) is 2.82. The molecule has 20 heavy (non-hydrogen) atoms. The van der Waals surface area contributed by atoms with Gasteiger partial charge in [0.1, 0.15) is 11.4 Å². The molecule has 1 saturated heterocycles. The van der Waals surface area contributed by atoms with E-state index >= 15 is 0 Å². The molecule has 0 spiro atoms. The summed E-state index contributed by atoms with van der Waals surface area (Å²) < 4.78 is 5.85. The van der Waals surface area contributed by atoms with Gasteiger partial charge in [-0.1, -0.05) is 6.92 Å². The molecule has 4 nitrogen and oxygen atoms in total. The highest BCUT2D eigenvalue weighted by atomic mass is 16.5. The van der Waals surface area contributed by atoms with Crippen LogP contribution >= 0.6 is 0 Å². The van der Waals surface area contributed by atoms with Crippen LogP contribution in [0.5, 0.6) is 5.75 Å². The van der Waals surface area contributed by atoms with E-state index in [0.717, 1.165) is 30.9 Å². The van der Waals surface area contributed by atoms with Gasteiger partial charge in [-0.15, -0.1) is 0 Å². The second kappa shape index (κ2) is 4.77. The number of benzene rings is 1. The van der Waals surface area contributed by atoms with Crippen molar-refractivity contribution in [1.29, 1.82) is 0 Å². The Kier molecular flexibility index (Phi) is 3.21. The summed E-state index contributed by atoms with van der Waals surface area (Å²) in [6, 6.07) is 5.91. The topological polar surface area (TPSA) is 50.4 Å². The Morgan fingerprint density at radius 1 is 1.45 bits per heavy atom. The number of carbonyl (C=O) groups excluding carboxylic acids is 1. The zero-order valence-electron chi connectivity index (χ0n) is 12.3. The fourth-order valence-electron chi connectivity index (χ4n) is 2.82. The Balaban J connectivity index is 1.68. The number of nitrogens with one attached hydrogen (secondary N) is 2. The number of amides is 1. The largest absolute Gasteiger partial charge is 0.487 e. The van der Waals surface area contributed by atoms with Crippen LogP contribution in [0.2, 0.25) is 0 Å². The molecule has 0 saturated carbocycles. The summed E-state index contributed by atoms with van der Waals surface area (Å²) in [4.78, 5) is 12.2. The number of ether oxygens (including phenoxy) is 1. The summed E-state index contributed by atoms with van der Waals surface area (Å²) >= 11 is 0. The molecule has 2 N–H and O–H groups in total. The number of anilines is 1. The Hall–Kier alpha value is -1.55. The molecule has 1 atom stereocenters. The first-order valence-electron chi connectivity index (χ1n) is 7.28. The monoisotopic (exact) mass is 274 g/mol. The summed E-state index contributed by atoms with van der Waals surface area (Å²) in [6.45, 7) is 8.05. The third kappa shape index (κ3) is 2.52. The second-order valence-electron chi connectivity index (χ2n) is 6.56. The Morgan fingerprint density at radius 2 is 2.20 bits per heavy atom. The molecule has 108 valence electrons. The normalized spacial score (nSPS) is 21.6. The molecule has 3 rings (SSSR count). The van der Waals surface area contributed by atoms with E-state index in [9.17, 15) is 4.79 Å². The second-order valence-corrected chi connectivity index (χ2v) is 6.56. The van der Waals surface area contributed by atoms with Crippen LogP contribution in [0.3, 0.4) is 0 Å². The van der Waals surface area contributed by atoms with Crippen molar-refractivity contribution in [3.63, 3.8) is 0 Å². The summed E-state index contributed by atoms with van der Waals surface area (Å²) in [7, 11) is 0. The first kappa shape index (κ1) is 13.4. The minimum absolute atomic E-state index is 0.0530. The van der Waals surface area contributed by atoms with Crippen LogP contribution in [0, 0.1) is 11.8 Å². The van der Waals surface area contributed by atoms with E-state index in [4.69, 9.17) is 4.74 Å². The van der Waals surface area contributed by atoms with Gasteiger partial charge in [-0.25, -0.2) is 0 Å². The third-order valence-corrected chi connectivity index (χ3v) is 4.26. The highest BCUT2D eigenvalue weighted by Gasteiger charge is 2.31. The quantitative estimate of drug-likeness (QED) is 0.888. The van der Waals surface area contributed by atoms with E-state index in [0.29, 0.717) is 5.92 Å². The Morgan fingerprint density at radius 3 is 2.85 bits per heavy atom. The van der Waals surface area contributed by atoms with Crippen LogP contribution < -0.4 is 15.4 Å². The molecule has 1 amide bonds. The SMILES string of the molecule is CC(C(=O)Nc1ccc2c(c1)CC(C)(C)O2)C1CNC1. The molecule has 2 aliphatic rings. The van der Waals surface area contributed by atoms with Crippen LogP contribution in [-0.4, -0.2) is 24.6 Å². The van der Waals surface area contributed by atoms with Crippen molar-refractivity contribution in [3.05, 3.63) is 23.8 Å². The lowest BCUT2D eigenvalue weighted by molar-refractivity contribution is -0.121. The summed E-state index contributed by atoms with van der Waals surface area (Å²) in [5.41, 5.74) is 1.90. The molecule has 1 fully saturated rings. The molecule has 0 radical (unpaired) electrons. The number of hydrogen-bond donors (Lipinski definition) is 2. The highest BCUT2D eigenvalue weighted by Crippen LogP contribution is 2.36. The lowest BCUT2D eigenvalue weighted by Crippen LogP contribution is -2.48.